The fraction of sp³-hybridized carbons (Fsp3) is 0.625. The number of hydrogen-bond acceptors (Lipinski definition) is 3. The van der Waals surface area contributed by atoms with E-state index in [1.807, 2.05) is 6.92 Å². The predicted molar refractivity (Wildman–Crippen MR) is 80.2 cm³/mol. The summed E-state index contributed by atoms with van der Waals surface area (Å²) in [6, 6.07) is 3.69. The Morgan fingerprint density at radius 2 is 2.15 bits per heavy atom. The summed E-state index contributed by atoms with van der Waals surface area (Å²) in [6.07, 6.45) is 4.31. The Morgan fingerprint density at radius 1 is 1.40 bits per heavy atom. The number of aryl methyl sites for hydroxylation is 1. The minimum absolute atomic E-state index is 0.316. The summed E-state index contributed by atoms with van der Waals surface area (Å²) in [7, 11) is 0. The van der Waals surface area contributed by atoms with Crippen LogP contribution >= 0.6 is 0 Å². The highest BCUT2D eigenvalue weighted by Gasteiger charge is 2.25. The van der Waals surface area contributed by atoms with E-state index in [4.69, 9.17) is 5.11 Å². The lowest BCUT2D eigenvalue weighted by atomic mass is 9.80. The molecular weight excluding hydrogens is 252 g/mol. The predicted octanol–water partition coefficient (Wildman–Crippen LogP) is 3.58. The van der Waals surface area contributed by atoms with Gasteiger partial charge in [-0.15, -0.1) is 0 Å². The maximum absolute atomic E-state index is 11.2. The van der Waals surface area contributed by atoms with Gasteiger partial charge >= 0.3 is 5.97 Å². The molecule has 4 nitrogen and oxygen atoms in total. The molecule has 1 fully saturated rings. The van der Waals surface area contributed by atoms with Crippen molar-refractivity contribution in [3.05, 3.63) is 23.4 Å². The van der Waals surface area contributed by atoms with E-state index in [0.29, 0.717) is 23.3 Å². The van der Waals surface area contributed by atoms with E-state index < -0.39 is 5.97 Å². The Bertz CT molecular complexity index is 487. The number of carboxylic acids is 1. The van der Waals surface area contributed by atoms with Crippen LogP contribution in [0.1, 0.15) is 56.1 Å². The summed E-state index contributed by atoms with van der Waals surface area (Å²) in [5.41, 5.74) is 1.14. The van der Waals surface area contributed by atoms with Gasteiger partial charge in [-0.05, 0) is 49.7 Å². The van der Waals surface area contributed by atoms with E-state index >= 15 is 0 Å². The van der Waals surface area contributed by atoms with Crippen LogP contribution in [0.25, 0.3) is 0 Å². The molecular formula is C16H24N2O2. The van der Waals surface area contributed by atoms with Crippen LogP contribution in [0.15, 0.2) is 12.1 Å². The third-order valence-corrected chi connectivity index (χ3v) is 4.25. The lowest BCUT2D eigenvalue weighted by Crippen LogP contribution is -2.33. The fourth-order valence-electron chi connectivity index (χ4n) is 3.04. The van der Waals surface area contributed by atoms with Crippen LogP contribution in [-0.4, -0.2) is 22.1 Å². The fourth-order valence-corrected chi connectivity index (χ4v) is 3.04. The van der Waals surface area contributed by atoms with Gasteiger partial charge < -0.3 is 10.4 Å². The van der Waals surface area contributed by atoms with Crippen LogP contribution in [0, 0.1) is 11.8 Å². The normalized spacial score (nSPS) is 26.2. The molecule has 0 bridgehead atoms. The number of carbonyl (C=O) groups is 1. The van der Waals surface area contributed by atoms with Gasteiger partial charge in [0.15, 0.2) is 0 Å². The van der Waals surface area contributed by atoms with Crippen LogP contribution < -0.4 is 5.32 Å². The van der Waals surface area contributed by atoms with Gasteiger partial charge in [-0.1, -0.05) is 20.8 Å². The number of pyridine rings is 1. The molecule has 2 N–H and O–H groups in total. The average molecular weight is 276 g/mol. The molecule has 0 saturated heterocycles. The van der Waals surface area contributed by atoms with Gasteiger partial charge in [0.1, 0.15) is 5.82 Å². The van der Waals surface area contributed by atoms with Gasteiger partial charge in [0.25, 0.3) is 0 Å². The minimum atomic E-state index is -0.893. The van der Waals surface area contributed by atoms with Crippen molar-refractivity contribution in [2.45, 2.75) is 52.5 Å². The molecule has 0 aromatic carbocycles. The number of aromatic nitrogens is 1. The first-order chi connectivity index (χ1) is 9.49. The molecule has 0 radical (unpaired) electrons. The van der Waals surface area contributed by atoms with Crippen molar-refractivity contribution >= 4 is 11.8 Å². The third kappa shape index (κ3) is 3.50. The quantitative estimate of drug-likeness (QED) is 0.882. The number of nitrogens with one attached hydrogen (secondary N) is 1. The third-order valence-electron chi connectivity index (χ3n) is 4.25. The van der Waals surface area contributed by atoms with Crippen LogP contribution in [0.4, 0.5) is 5.82 Å². The molecule has 1 aliphatic rings. The summed E-state index contributed by atoms with van der Waals surface area (Å²) in [5.74, 6) is 1.19. The van der Waals surface area contributed by atoms with E-state index in [0.717, 1.165) is 24.5 Å². The maximum Gasteiger partial charge on any atom is 0.335 e. The largest absolute Gasteiger partial charge is 0.478 e. The van der Waals surface area contributed by atoms with Crippen LogP contribution in [0.3, 0.4) is 0 Å². The Hall–Kier alpha value is -1.58. The number of nitrogens with zero attached hydrogens (tertiary/aromatic N) is 1. The number of carboxylic acid groups (broad SMARTS) is 1. The molecule has 110 valence electrons. The molecule has 1 aliphatic carbocycles. The van der Waals surface area contributed by atoms with Gasteiger partial charge in [0.2, 0.25) is 0 Å². The number of anilines is 1. The molecule has 3 unspecified atom stereocenters. The van der Waals surface area contributed by atoms with E-state index in [1.165, 1.54) is 12.8 Å². The average Bonchev–Trinajstić information content (AvgIpc) is 2.41. The zero-order valence-corrected chi connectivity index (χ0v) is 12.5. The summed E-state index contributed by atoms with van der Waals surface area (Å²) in [4.78, 5) is 15.7. The first kappa shape index (κ1) is 14.8. The van der Waals surface area contributed by atoms with E-state index in [1.54, 1.807) is 12.1 Å². The molecule has 2 rings (SSSR count). The highest BCUT2D eigenvalue weighted by atomic mass is 16.4. The van der Waals surface area contributed by atoms with Crippen LogP contribution in [0.2, 0.25) is 0 Å². The van der Waals surface area contributed by atoms with Gasteiger partial charge in [-0.2, -0.15) is 0 Å². The Labute approximate surface area is 120 Å². The van der Waals surface area contributed by atoms with E-state index in [9.17, 15) is 4.79 Å². The lowest BCUT2D eigenvalue weighted by Gasteiger charge is -2.33. The standard InChI is InChI=1S/C16H24N2O2/c1-4-13-8-12(16(19)20)9-15(17-13)18-14-6-5-10(2)7-11(14)3/h8-11,14H,4-7H2,1-3H3,(H,17,18)(H,19,20). The van der Waals surface area contributed by atoms with Gasteiger partial charge in [-0.25, -0.2) is 9.78 Å². The monoisotopic (exact) mass is 276 g/mol. The molecule has 1 aromatic rings. The van der Waals surface area contributed by atoms with Crippen molar-refractivity contribution in [1.29, 1.82) is 0 Å². The number of aromatic carboxylic acids is 1. The summed E-state index contributed by atoms with van der Waals surface area (Å²) >= 11 is 0. The van der Waals surface area contributed by atoms with Crippen molar-refractivity contribution in [3.8, 4) is 0 Å². The highest BCUT2D eigenvalue weighted by molar-refractivity contribution is 5.88. The molecule has 1 aromatic heterocycles. The highest BCUT2D eigenvalue weighted by Crippen LogP contribution is 2.30. The Kier molecular flexibility index (Phi) is 4.63. The zero-order valence-electron chi connectivity index (χ0n) is 12.5. The number of rotatable bonds is 4. The van der Waals surface area contributed by atoms with Gasteiger partial charge in [0.05, 0.1) is 5.56 Å². The van der Waals surface area contributed by atoms with Crippen molar-refractivity contribution in [2.75, 3.05) is 5.32 Å². The second-order valence-electron chi connectivity index (χ2n) is 6.04. The molecule has 1 saturated carbocycles. The molecule has 1 heterocycles. The van der Waals surface area contributed by atoms with Crippen LogP contribution in [-0.2, 0) is 6.42 Å². The summed E-state index contributed by atoms with van der Waals surface area (Å²) < 4.78 is 0. The maximum atomic E-state index is 11.2. The van der Waals surface area contributed by atoms with Crippen LogP contribution in [0.5, 0.6) is 0 Å². The summed E-state index contributed by atoms with van der Waals surface area (Å²) in [6.45, 7) is 6.54. The Balaban J connectivity index is 2.16. The topological polar surface area (TPSA) is 62.2 Å². The first-order valence-electron chi connectivity index (χ1n) is 7.50. The molecule has 0 spiro atoms. The molecule has 0 aliphatic heterocycles. The summed E-state index contributed by atoms with van der Waals surface area (Å²) in [5, 5.41) is 12.6. The van der Waals surface area contributed by atoms with Crippen molar-refractivity contribution < 1.29 is 9.90 Å². The van der Waals surface area contributed by atoms with E-state index in [2.05, 4.69) is 24.1 Å². The SMILES string of the molecule is CCc1cc(C(=O)O)cc(NC2CCC(C)CC2C)n1. The lowest BCUT2D eigenvalue weighted by molar-refractivity contribution is 0.0696. The van der Waals surface area contributed by atoms with Crippen molar-refractivity contribution in [3.63, 3.8) is 0 Å². The van der Waals surface area contributed by atoms with Crippen molar-refractivity contribution in [2.24, 2.45) is 11.8 Å². The molecule has 4 heteroatoms. The van der Waals surface area contributed by atoms with Gasteiger partial charge in [0, 0.05) is 11.7 Å². The Morgan fingerprint density at radius 3 is 2.75 bits per heavy atom. The minimum Gasteiger partial charge on any atom is -0.478 e. The smallest absolute Gasteiger partial charge is 0.335 e. The van der Waals surface area contributed by atoms with Gasteiger partial charge in [-0.3, -0.25) is 0 Å². The van der Waals surface area contributed by atoms with E-state index in [-0.39, 0.29) is 0 Å². The molecule has 0 amide bonds. The first-order valence-corrected chi connectivity index (χ1v) is 7.50. The molecule has 20 heavy (non-hydrogen) atoms. The second kappa shape index (κ2) is 6.25. The van der Waals surface area contributed by atoms with Crippen molar-refractivity contribution in [1.82, 2.24) is 4.98 Å². The number of hydrogen-bond donors (Lipinski definition) is 2. The molecule has 3 atom stereocenters. The zero-order chi connectivity index (χ0) is 14.7. The second-order valence-corrected chi connectivity index (χ2v) is 6.04.